The zero-order valence-corrected chi connectivity index (χ0v) is 13.0. The monoisotopic (exact) mass is 303 g/mol. The van der Waals surface area contributed by atoms with Gasteiger partial charge in [0.15, 0.2) is 0 Å². The van der Waals surface area contributed by atoms with Crippen molar-refractivity contribution in [2.75, 3.05) is 6.54 Å². The molecule has 2 N–H and O–H groups in total. The Hall–Kier alpha value is -1.49. The average Bonchev–Trinajstić information content (AvgIpc) is 3.25. The summed E-state index contributed by atoms with van der Waals surface area (Å²) in [4.78, 5) is 21.0. The van der Waals surface area contributed by atoms with Crippen molar-refractivity contribution in [1.82, 2.24) is 15.3 Å². The van der Waals surface area contributed by atoms with Crippen LogP contribution in [-0.2, 0) is 0 Å². The fourth-order valence-corrected chi connectivity index (χ4v) is 3.68. The summed E-state index contributed by atoms with van der Waals surface area (Å²) < 4.78 is 0. The standard InChI is InChI=1S/C17H25N3O2/c21-15(12-5-1-2-6-12)11-19-17(22)14-9-10-18-16(20-14)13-7-3-4-8-13/h9-10,12-13,15,21H,1-8,11H2,(H,19,22). The summed E-state index contributed by atoms with van der Waals surface area (Å²) in [6.45, 7) is 0.312. The lowest BCUT2D eigenvalue weighted by Crippen LogP contribution is -2.36. The van der Waals surface area contributed by atoms with Crippen molar-refractivity contribution in [3.05, 3.63) is 23.8 Å². The van der Waals surface area contributed by atoms with Crippen LogP contribution in [-0.4, -0.2) is 33.6 Å². The van der Waals surface area contributed by atoms with Gasteiger partial charge in [0.05, 0.1) is 6.10 Å². The fourth-order valence-electron chi connectivity index (χ4n) is 3.68. The topological polar surface area (TPSA) is 75.1 Å². The van der Waals surface area contributed by atoms with E-state index in [1.165, 1.54) is 25.7 Å². The maximum absolute atomic E-state index is 12.2. The minimum absolute atomic E-state index is 0.210. The molecule has 1 aromatic heterocycles. The van der Waals surface area contributed by atoms with Gasteiger partial charge in [0.25, 0.3) is 5.91 Å². The third-order valence-corrected chi connectivity index (χ3v) is 5.04. The highest BCUT2D eigenvalue weighted by Gasteiger charge is 2.24. The van der Waals surface area contributed by atoms with Gasteiger partial charge in [0.1, 0.15) is 11.5 Å². The molecule has 2 fully saturated rings. The first-order chi connectivity index (χ1) is 10.7. The Balaban J connectivity index is 1.56. The summed E-state index contributed by atoms with van der Waals surface area (Å²) in [5.41, 5.74) is 0.413. The third kappa shape index (κ3) is 3.64. The Labute approximate surface area is 131 Å². The molecule has 5 nitrogen and oxygen atoms in total. The van der Waals surface area contributed by atoms with Crippen molar-refractivity contribution in [3.63, 3.8) is 0 Å². The predicted octanol–water partition coefficient (Wildman–Crippen LogP) is 2.42. The first-order valence-corrected chi connectivity index (χ1v) is 8.53. The largest absolute Gasteiger partial charge is 0.391 e. The van der Waals surface area contributed by atoms with E-state index in [9.17, 15) is 9.90 Å². The van der Waals surface area contributed by atoms with Crippen LogP contribution in [0, 0.1) is 5.92 Å². The highest BCUT2D eigenvalue weighted by atomic mass is 16.3. The number of aromatic nitrogens is 2. The van der Waals surface area contributed by atoms with Crippen LogP contribution < -0.4 is 5.32 Å². The summed E-state index contributed by atoms with van der Waals surface area (Å²) >= 11 is 0. The quantitative estimate of drug-likeness (QED) is 0.876. The minimum Gasteiger partial charge on any atom is -0.391 e. The van der Waals surface area contributed by atoms with Crippen molar-refractivity contribution in [2.45, 2.75) is 63.4 Å². The molecule has 0 aliphatic heterocycles. The Kier molecular flexibility index (Phi) is 5.03. The van der Waals surface area contributed by atoms with Crippen LogP contribution >= 0.6 is 0 Å². The Morgan fingerprint density at radius 1 is 1.23 bits per heavy atom. The first-order valence-electron chi connectivity index (χ1n) is 8.53. The molecular formula is C17H25N3O2. The molecule has 22 heavy (non-hydrogen) atoms. The van der Waals surface area contributed by atoms with Crippen LogP contribution in [0.2, 0.25) is 0 Å². The predicted molar refractivity (Wildman–Crippen MR) is 83.5 cm³/mol. The van der Waals surface area contributed by atoms with E-state index >= 15 is 0 Å². The van der Waals surface area contributed by atoms with Gasteiger partial charge in [-0.1, -0.05) is 25.7 Å². The lowest BCUT2D eigenvalue weighted by Gasteiger charge is -2.18. The summed E-state index contributed by atoms with van der Waals surface area (Å²) in [5, 5.41) is 12.9. The van der Waals surface area contributed by atoms with Crippen LogP contribution in [0.4, 0.5) is 0 Å². The van der Waals surface area contributed by atoms with Crippen LogP contribution in [0.3, 0.4) is 0 Å². The first kappa shape index (κ1) is 15.4. The molecule has 3 rings (SSSR count). The number of carbonyl (C=O) groups is 1. The van der Waals surface area contributed by atoms with E-state index in [0.29, 0.717) is 24.1 Å². The van der Waals surface area contributed by atoms with E-state index in [0.717, 1.165) is 31.5 Å². The van der Waals surface area contributed by atoms with Crippen molar-refractivity contribution in [1.29, 1.82) is 0 Å². The van der Waals surface area contributed by atoms with Crippen LogP contribution in [0.1, 0.15) is 73.6 Å². The van der Waals surface area contributed by atoms with Crippen molar-refractivity contribution in [3.8, 4) is 0 Å². The third-order valence-electron chi connectivity index (χ3n) is 5.04. The second-order valence-corrected chi connectivity index (χ2v) is 6.60. The molecule has 0 saturated heterocycles. The Morgan fingerprint density at radius 3 is 2.64 bits per heavy atom. The number of rotatable bonds is 5. The van der Waals surface area contributed by atoms with Gasteiger partial charge in [-0.15, -0.1) is 0 Å². The maximum Gasteiger partial charge on any atom is 0.270 e. The van der Waals surface area contributed by atoms with E-state index in [1.807, 2.05) is 0 Å². The molecule has 1 unspecified atom stereocenters. The van der Waals surface area contributed by atoms with Gasteiger partial charge >= 0.3 is 0 Å². The smallest absolute Gasteiger partial charge is 0.270 e. The maximum atomic E-state index is 12.2. The van der Waals surface area contributed by atoms with Gasteiger partial charge in [0.2, 0.25) is 0 Å². The van der Waals surface area contributed by atoms with Gasteiger partial charge in [-0.25, -0.2) is 9.97 Å². The fraction of sp³-hybridized carbons (Fsp3) is 0.706. The molecule has 1 amide bonds. The molecule has 2 saturated carbocycles. The highest BCUT2D eigenvalue weighted by Crippen LogP contribution is 2.31. The number of aliphatic hydroxyl groups is 1. The number of amides is 1. The SMILES string of the molecule is O=C(NCC(O)C1CCCC1)c1ccnc(C2CCCC2)n1. The van der Waals surface area contributed by atoms with Gasteiger partial charge in [-0.05, 0) is 37.7 Å². The normalized spacial score (nSPS) is 21.1. The van der Waals surface area contributed by atoms with Crippen LogP contribution in [0.5, 0.6) is 0 Å². The Morgan fingerprint density at radius 2 is 1.91 bits per heavy atom. The molecule has 120 valence electrons. The number of nitrogens with one attached hydrogen (secondary N) is 1. The highest BCUT2D eigenvalue weighted by molar-refractivity contribution is 5.92. The van der Waals surface area contributed by atoms with Crippen molar-refractivity contribution < 1.29 is 9.90 Å². The number of nitrogens with zero attached hydrogens (tertiary/aromatic N) is 2. The molecule has 2 aliphatic carbocycles. The van der Waals surface area contributed by atoms with E-state index in [1.54, 1.807) is 12.3 Å². The molecular weight excluding hydrogens is 278 g/mol. The number of aliphatic hydroxyl groups excluding tert-OH is 1. The van der Waals surface area contributed by atoms with Gasteiger partial charge in [-0.2, -0.15) is 0 Å². The van der Waals surface area contributed by atoms with Gasteiger partial charge < -0.3 is 10.4 Å². The summed E-state index contributed by atoms with van der Waals surface area (Å²) in [7, 11) is 0. The minimum atomic E-state index is -0.442. The van der Waals surface area contributed by atoms with E-state index in [-0.39, 0.29) is 5.91 Å². The van der Waals surface area contributed by atoms with E-state index in [4.69, 9.17) is 0 Å². The molecule has 0 bridgehead atoms. The number of hydrogen-bond acceptors (Lipinski definition) is 4. The lowest BCUT2D eigenvalue weighted by molar-refractivity contribution is 0.0836. The van der Waals surface area contributed by atoms with Crippen LogP contribution in [0.25, 0.3) is 0 Å². The number of hydrogen-bond donors (Lipinski definition) is 2. The van der Waals surface area contributed by atoms with Crippen molar-refractivity contribution in [2.24, 2.45) is 5.92 Å². The zero-order chi connectivity index (χ0) is 15.4. The second kappa shape index (κ2) is 7.18. The zero-order valence-electron chi connectivity index (χ0n) is 13.0. The second-order valence-electron chi connectivity index (χ2n) is 6.60. The van der Waals surface area contributed by atoms with Crippen molar-refractivity contribution >= 4 is 5.91 Å². The molecule has 2 aliphatic rings. The average molecular weight is 303 g/mol. The molecule has 1 heterocycles. The van der Waals surface area contributed by atoms with E-state index in [2.05, 4.69) is 15.3 Å². The van der Waals surface area contributed by atoms with Crippen LogP contribution in [0.15, 0.2) is 12.3 Å². The molecule has 0 radical (unpaired) electrons. The summed E-state index contributed by atoms with van der Waals surface area (Å²) in [6, 6.07) is 1.65. The lowest BCUT2D eigenvalue weighted by atomic mass is 10.0. The molecule has 1 aromatic rings. The molecule has 5 heteroatoms. The van der Waals surface area contributed by atoms with Gasteiger partial charge in [0, 0.05) is 18.7 Å². The molecule has 1 atom stereocenters. The summed E-state index contributed by atoms with van der Waals surface area (Å²) in [6.07, 6.45) is 10.4. The van der Waals surface area contributed by atoms with E-state index < -0.39 is 6.10 Å². The molecule has 0 spiro atoms. The number of carbonyl (C=O) groups excluding carboxylic acids is 1. The van der Waals surface area contributed by atoms with Gasteiger partial charge in [-0.3, -0.25) is 4.79 Å². The molecule has 0 aromatic carbocycles. The Bertz CT molecular complexity index is 508. The summed E-state index contributed by atoms with van der Waals surface area (Å²) in [5.74, 6) is 1.32.